The first-order chi connectivity index (χ1) is 6.25. The lowest BCUT2D eigenvalue weighted by atomic mass is 10.0. The molecule has 1 aromatic rings. The van der Waals surface area contributed by atoms with Crippen LogP contribution in [0.25, 0.3) is 0 Å². The second-order valence-corrected chi connectivity index (χ2v) is 4.77. The molecule has 1 aliphatic heterocycles. The number of hydrogen-bond acceptors (Lipinski definition) is 1. The number of hydrogen-bond donors (Lipinski definition) is 1. The maximum atomic E-state index is 3.53. The van der Waals surface area contributed by atoms with Crippen LogP contribution in [0.5, 0.6) is 0 Å². The van der Waals surface area contributed by atoms with E-state index in [1.54, 1.807) is 0 Å². The van der Waals surface area contributed by atoms with Gasteiger partial charge in [0, 0.05) is 10.5 Å². The minimum Gasteiger partial charge on any atom is -0.310 e. The molecule has 0 radical (unpaired) electrons. The van der Waals surface area contributed by atoms with Crippen molar-refractivity contribution in [3.05, 3.63) is 34.3 Å². The molecule has 0 amide bonds. The van der Waals surface area contributed by atoms with Crippen LogP contribution in [0.2, 0.25) is 0 Å². The standard InChI is InChI=1S/C11H14BrN/c1-8-6-11(13-7-8)9-2-4-10(12)5-3-9/h2-5,8,11,13H,6-7H2,1H3/t8-,11+/m0/s1. The van der Waals surface area contributed by atoms with Gasteiger partial charge in [0.25, 0.3) is 0 Å². The van der Waals surface area contributed by atoms with E-state index in [0.717, 1.165) is 16.9 Å². The summed E-state index contributed by atoms with van der Waals surface area (Å²) in [6.07, 6.45) is 1.27. The van der Waals surface area contributed by atoms with Crippen LogP contribution >= 0.6 is 15.9 Å². The van der Waals surface area contributed by atoms with Crippen LogP contribution in [0, 0.1) is 5.92 Å². The van der Waals surface area contributed by atoms with Crippen LogP contribution in [0.15, 0.2) is 28.7 Å². The predicted molar refractivity (Wildman–Crippen MR) is 58.7 cm³/mol. The van der Waals surface area contributed by atoms with Gasteiger partial charge < -0.3 is 5.32 Å². The highest BCUT2D eigenvalue weighted by Crippen LogP contribution is 2.27. The van der Waals surface area contributed by atoms with Crippen molar-refractivity contribution in [3.63, 3.8) is 0 Å². The molecule has 1 aliphatic rings. The highest BCUT2D eigenvalue weighted by atomic mass is 79.9. The van der Waals surface area contributed by atoms with Crippen molar-refractivity contribution in [3.8, 4) is 0 Å². The van der Waals surface area contributed by atoms with Crippen molar-refractivity contribution >= 4 is 15.9 Å². The first-order valence-corrected chi connectivity index (χ1v) is 5.54. The van der Waals surface area contributed by atoms with Crippen LogP contribution in [-0.2, 0) is 0 Å². The van der Waals surface area contributed by atoms with Gasteiger partial charge in [-0.1, -0.05) is 35.0 Å². The van der Waals surface area contributed by atoms with E-state index in [4.69, 9.17) is 0 Å². The Hall–Kier alpha value is -0.340. The molecule has 0 spiro atoms. The van der Waals surface area contributed by atoms with Gasteiger partial charge in [0.1, 0.15) is 0 Å². The van der Waals surface area contributed by atoms with E-state index in [9.17, 15) is 0 Å². The Labute approximate surface area is 87.7 Å². The normalized spacial score (nSPS) is 27.8. The molecule has 70 valence electrons. The predicted octanol–water partition coefficient (Wildman–Crippen LogP) is 3.12. The summed E-state index contributed by atoms with van der Waals surface area (Å²) in [6, 6.07) is 9.18. The third kappa shape index (κ3) is 2.12. The van der Waals surface area contributed by atoms with Crippen LogP contribution in [-0.4, -0.2) is 6.54 Å². The third-order valence-electron chi connectivity index (χ3n) is 2.62. The molecule has 0 aromatic heterocycles. The Morgan fingerprint density at radius 1 is 1.31 bits per heavy atom. The van der Waals surface area contributed by atoms with Gasteiger partial charge in [0.05, 0.1) is 0 Å². The zero-order valence-corrected chi connectivity index (χ0v) is 9.34. The second-order valence-electron chi connectivity index (χ2n) is 3.85. The van der Waals surface area contributed by atoms with E-state index in [2.05, 4.69) is 52.4 Å². The average Bonchev–Trinajstić information content (AvgIpc) is 2.53. The molecule has 0 aliphatic carbocycles. The Kier molecular flexibility index (Phi) is 2.70. The number of halogens is 1. The van der Waals surface area contributed by atoms with Crippen molar-refractivity contribution in [1.29, 1.82) is 0 Å². The lowest BCUT2D eigenvalue weighted by Crippen LogP contribution is -2.13. The van der Waals surface area contributed by atoms with Gasteiger partial charge in [-0.15, -0.1) is 0 Å². The molecule has 1 aromatic carbocycles. The Bertz CT molecular complexity index is 281. The number of nitrogens with one attached hydrogen (secondary N) is 1. The van der Waals surface area contributed by atoms with E-state index in [0.29, 0.717) is 6.04 Å². The summed E-state index contributed by atoms with van der Waals surface area (Å²) >= 11 is 3.45. The molecule has 2 atom stereocenters. The summed E-state index contributed by atoms with van der Waals surface area (Å²) in [4.78, 5) is 0. The van der Waals surface area contributed by atoms with Crippen LogP contribution in [0.3, 0.4) is 0 Å². The number of benzene rings is 1. The van der Waals surface area contributed by atoms with Gasteiger partial charge in [-0.25, -0.2) is 0 Å². The van der Waals surface area contributed by atoms with Crippen molar-refractivity contribution in [2.75, 3.05) is 6.54 Å². The summed E-state index contributed by atoms with van der Waals surface area (Å²) in [6.45, 7) is 3.45. The Morgan fingerprint density at radius 3 is 2.54 bits per heavy atom. The fraction of sp³-hybridized carbons (Fsp3) is 0.455. The molecule has 13 heavy (non-hydrogen) atoms. The van der Waals surface area contributed by atoms with Crippen LogP contribution in [0.4, 0.5) is 0 Å². The summed E-state index contributed by atoms with van der Waals surface area (Å²) in [5.74, 6) is 0.814. The minimum absolute atomic E-state index is 0.572. The van der Waals surface area contributed by atoms with Gasteiger partial charge in [-0.2, -0.15) is 0 Å². The third-order valence-corrected chi connectivity index (χ3v) is 3.15. The molecule has 1 nitrogen and oxygen atoms in total. The first-order valence-electron chi connectivity index (χ1n) is 4.74. The topological polar surface area (TPSA) is 12.0 Å². The zero-order valence-electron chi connectivity index (χ0n) is 7.76. The van der Waals surface area contributed by atoms with Crippen molar-refractivity contribution < 1.29 is 0 Å². The van der Waals surface area contributed by atoms with Gasteiger partial charge >= 0.3 is 0 Å². The quantitative estimate of drug-likeness (QED) is 0.795. The van der Waals surface area contributed by atoms with Gasteiger partial charge in [0.15, 0.2) is 0 Å². The van der Waals surface area contributed by atoms with E-state index < -0.39 is 0 Å². The van der Waals surface area contributed by atoms with Crippen molar-refractivity contribution in [2.45, 2.75) is 19.4 Å². The molecule has 0 unspecified atom stereocenters. The lowest BCUT2D eigenvalue weighted by Gasteiger charge is -2.10. The first kappa shape index (κ1) is 9.22. The highest BCUT2D eigenvalue weighted by Gasteiger charge is 2.21. The van der Waals surface area contributed by atoms with Crippen LogP contribution < -0.4 is 5.32 Å². The summed E-state index contributed by atoms with van der Waals surface area (Å²) in [5, 5.41) is 3.53. The van der Waals surface area contributed by atoms with E-state index in [1.807, 2.05) is 0 Å². The second kappa shape index (κ2) is 3.81. The zero-order chi connectivity index (χ0) is 9.26. The van der Waals surface area contributed by atoms with Crippen molar-refractivity contribution in [2.24, 2.45) is 5.92 Å². The molecule has 1 saturated heterocycles. The Balaban J connectivity index is 2.13. The molecule has 2 rings (SSSR count). The fourth-order valence-electron chi connectivity index (χ4n) is 1.86. The molecule has 0 bridgehead atoms. The molecule has 1 N–H and O–H groups in total. The summed E-state index contributed by atoms with van der Waals surface area (Å²) < 4.78 is 1.15. The molecule has 1 heterocycles. The van der Waals surface area contributed by atoms with E-state index in [-0.39, 0.29) is 0 Å². The maximum absolute atomic E-state index is 3.53. The minimum atomic E-state index is 0.572. The van der Waals surface area contributed by atoms with E-state index >= 15 is 0 Å². The molecule has 2 heteroatoms. The molecular formula is C11H14BrN. The summed E-state index contributed by atoms with van der Waals surface area (Å²) in [5.41, 5.74) is 1.41. The highest BCUT2D eigenvalue weighted by molar-refractivity contribution is 9.10. The lowest BCUT2D eigenvalue weighted by molar-refractivity contribution is 0.612. The molecule has 1 fully saturated rings. The van der Waals surface area contributed by atoms with Crippen molar-refractivity contribution in [1.82, 2.24) is 5.32 Å². The van der Waals surface area contributed by atoms with Gasteiger partial charge in [0.2, 0.25) is 0 Å². The van der Waals surface area contributed by atoms with E-state index in [1.165, 1.54) is 12.0 Å². The number of rotatable bonds is 1. The molecular weight excluding hydrogens is 226 g/mol. The molecule has 0 saturated carbocycles. The smallest absolute Gasteiger partial charge is 0.0323 e. The largest absolute Gasteiger partial charge is 0.310 e. The average molecular weight is 240 g/mol. The SMILES string of the molecule is C[C@@H]1CN[C@@H](c2ccc(Br)cc2)C1. The van der Waals surface area contributed by atoms with Crippen LogP contribution in [0.1, 0.15) is 24.9 Å². The fourth-order valence-corrected chi connectivity index (χ4v) is 2.13. The summed E-state index contributed by atoms with van der Waals surface area (Å²) in [7, 11) is 0. The maximum Gasteiger partial charge on any atom is 0.0323 e. The van der Waals surface area contributed by atoms with Gasteiger partial charge in [-0.05, 0) is 36.6 Å². The monoisotopic (exact) mass is 239 g/mol. The van der Waals surface area contributed by atoms with Gasteiger partial charge in [-0.3, -0.25) is 0 Å². The Morgan fingerprint density at radius 2 is 2.00 bits per heavy atom.